The second-order valence-corrected chi connectivity index (χ2v) is 6.69. The van der Waals surface area contributed by atoms with Crippen molar-refractivity contribution in [3.05, 3.63) is 35.5 Å². The van der Waals surface area contributed by atoms with Crippen LogP contribution in [0.3, 0.4) is 0 Å². The van der Waals surface area contributed by atoms with Crippen LogP contribution in [0.15, 0.2) is 24.3 Å². The number of rotatable bonds is 8. The number of hydrogen-bond acceptors (Lipinski definition) is 7. The molecule has 0 saturated carbocycles. The van der Waals surface area contributed by atoms with E-state index in [4.69, 9.17) is 9.47 Å². The number of nitrogens with one attached hydrogen (secondary N) is 1. The van der Waals surface area contributed by atoms with Crippen molar-refractivity contribution in [3.63, 3.8) is 0 Å². The largest absolute Gasteiger partial charge is 0.493 e. The molecule has 1 aromatic carbocycles. The van der Waals surface area contributed by atoms with Gasteiger partial charge in [0.05, 0.1) is 14.2 Å². The van der Waals surface area contributed by atoms with Crippen molar-refractivity contribution >= 4 is 18.2 Å². The number of aryl methyl sites for hydroxylation is 1. The van der Waals surface area contributed by atoms with Crippen LogP contribution in [0.1, 0.15) is 11.3 Å². The highest BCUT2D eigenvalue weighted by molar-refractivity contribution is 5.50. The first-order valence-electron chi connectivity index (χ1n) is 9.37. The van der Waals surface area contributed by atoms with Crippen LogP contribution in [0.25, 0.3) is 0 Å². The van der Waals surface area contributed by atoms with Crippen LogP contribution in [0.5, 0.6) is 11.5 Å². The first-order chi connectivity index (χ1) is 13.6. The molecule has 1 aliphatic heterocycles. The number of anilines is 2. The second kappa shape index (κ2) is 9.25. The van der Waals surface area contributed by atoms with Gasteiger partial charge in [-0.25, -0.2) is 4.98 Å². The number of nitrogens with zero attached hydrogens (tertiary/aromatic N) is 4. The van der Waals surface area contributed by atoms with Crippen LogP contribution in [-0.4, -0.2) is 68.2 Å². The number of piperazine rings is 1. The van der Waals surface area contributed by atoms with E-state index < -0.39 is 0 Å². The Morgan fingerprint density at radius 3 is 2.50 bits per heavy atom. The van der Waals surface area contributed by atoms with E-state index in [-0.39, 0.29) is 0 Å². The van der Waals surface area contributed by atoms with Crippen molar-refractivity contribution in [3.8, 4) is 11.5 Å². The predicted octanol–water partition coefficient (Wildman–Crippen LogP) is 1.74. The standard InChI is InChI=1S/C20H27N5O3/c1-15-12-19(25-10-8-24(14-26)9-11-25)23-20(22-15)21-7-6-16-4-5-17(27-2)18(13-16)28-3/h4-5,12-14H,6-11H2,1-3H3,(H,21,22,23). The molecule has 8 nitrogen and oxygen atoms in total. The van der Waals surface area contributed by atoms with Gasteiger partial charge in [0.15, 0.2) is 11.5 Å². The monoisotopic (exact) mass is 385 g/mol. The lowest BCUT2D eigenvalue weighted by atomic mass is 10.1. The van der Waals surface area contributed by atoms with Gasteiger partial charge in [0.25, 0.3) is 0 Å². The molecule has 1 fully saturated rings. The van der Waals surface area contributed by atoms with Crippen LogP contribution < -0.4 is 19.7 Å². The minimum atomic E-state index is 0.619. The van der Waals surface area contributed by atoms with E-state index in [0.29, 0.717) is 25.6 Å². The molecule has 2 aromatic rings. The Morgan fingerprint density at radius 2 is 1.82 bits per heavy atom. The maximum absolute atomic E-state index is 10.9. The number of carbonyl (C=O) groups excluding carboxylic acids is 1. The zero-order chi connectivity index (χ0) is 19.9. The fraction of sp³-hybridized carbons (Fsp3) is 0.450. The smallest absolute Gasteiger partial charge is 0.224 e. The summed E-state index contributed by atoms with van der Waals surface area (Å²) in [6, 6.07) is 7.90. The summed E-state index contributed by atoms with van der Waals surface area (Å²) in [5.41, 5.74) is 2.06. The normalized spacial score (nSPS) is 14.0. The molecule has 2 heterocycles. The number of ether oxygens (including phenoxy) is 2. The van der Waals surface area contributed by atoms with Crippen LogP contribution >= 0.6 is 0 Å². The van der Waals surface area contributed by atoms with E-state index in [2.05, 4.69) is 20.2 Å². The van der Waals surface area contributed by atoms with Crippen LogP contribution in [0.4, 0.5) is 11.8 Å². The topological polar surface area (TPSA) is 79.8 Å². The van der Waals surface area contributed by atoms with Gasteiger partial charge in [0.1, 0.15) is 5.82 Å². The first-order valence-corrected chi connectivity index (χ1v) is 9.37. The lowest BCUT2D eigenvalue weighted by Crippen LogP contribution is -2.46. The summed E-state index contributed by atoms with van der Waals surface area (Å²) in [6.07, 6.45) is 1.72. The molecule has 0 bridgehead atoms. The minimum absolute atomic E-state index is 0.619. The summed E-state index contributed by atoms with van der Waals surface area (Å²) in [5.74, 6) is 2.96. The van der Waals surface area contributed by atoms with Crippen molar-refractivity contribution in [1.82, 2.24) is 14.9 Å². The number of hydrogen-bond donors (Lipinski definition) is 1. The van der Waals surface area contributed by atoms with Crippen LogP contribution in [0, 0.1) is 6.92 Å². The van der Waals surface area contributed by atoms with E-state index in [1.54, 1.807) is 19.1 Å². The van der Waals surface area contributed by atoms with Gasteiger partial charge in [-0.05, 0) is 31.0 Å². The third-order valence-electron chi connectivity index (χ3n) is 4.77. The lowest BCUT2D eigenvalue weighted by Gasteiger charge is -2.33. The summed E-state index contributed by atoms with van der Waals surface area (Å²) < 4.78 is 10.6. The van der Waals surface area contributed by atoms with E-state index in [0.717, 1.165) is 54.5 Å². The van der Waals surface area contributed by atoms with Crippen molar-refractivity contribution in [2.45, 2.75) is 13.3 Å². The van der Waals surface area contributed by atoms with Crippen molar-refractivity contribution in [1.29, 1.82) is 0 Å². The molecule has 0 unspecified atom stereocenters. The first kappa shape index (κ1) is 19.7. The second-order valence-electron chi connectivity index (χ2n) is 6.69. The zero-order valence-corrected chi connectivity index (χ0v) is 16.6. The minimum Gasteiger partial charge on any atom is -0.493 e. The highest BCUT2D eigenvalue weighted by Crippen LogP contribution is 2.27. The molecule has 0 spiro atoms. The van der Waals surface area contributed by atoms with E-state index in [1.165, 1.54) is 0 Å². The summed E-state index contributed by atoms with van der Waals surface area (Å²) in [4.78, 5) is 24.0. The summed E-state index contributed by atoms with van der Waals surface area (Å²) in [7, 11) is 3.27. The fourth-order valence-electron chi connectivity index (χ4n) is 3.20. The molecule has 1 amide bonds. The quantitative estimate of drug-likeness (QED) is 0.693. The Bertz CT molecular complexity index is 806. The average Bonchev–Trinajstić information content (AvgIpc) is 2.73. The third kappa shape index (κ3) is 4.82. The molecule has 8 heteroatoms. The Morgan fingerprint density at radius 1 is 1.07 bits per heavy atom. The third-order valence-corrected chi connectivity index (χ3v) is 4.77. The zero-order valence-electron chi connectivity index (χ0n) is 16.6. The summed E-state index contributed by atoms with van der Waals surface area (Å²) >= 11 is 0. The molecule has 1 aromatic heterocycles. The molecular formula is C20H27N5O3. The van der Waals surface area contributed by atoms with Gasteiger partial charge in [0, 0.05) is 44.5 Å². The SMILES string of the molecule is COc1ccc(CCNc2nc(C)cc(N3CCN(C=O)CC3)n2)cc1OC. The molecule has 3 rings (SSSR count). The number of benzene rings is 1. The van der Waals surface area contributed by atoms with Gasteiger partial charge in [-0.15, -0.1) is 0 Å². The summed E-state index contributed by atoms with van der Waals surface area (Å²) in [5, 5.41) is 3.31. The number of carbonyl (C=O) groups is 1. The van der Waals surface area contributed by atoms with Crippen LogP contribution in [0.2, 0.25) is 0 Å². The van der Waals surface area contributed by atoms with Gasteiger partial charge in [0.2, 0.25) is 12.4 Å². The number of aromatic nitrogens is 2. The lowest BCUT2D eigenvalue weighted by molar-refractivity contribution is -0.118. The highest BCUT2D eigenvalue weighted by atomic mass is 16.5. The van der Waals surface area contributed by atoms with Gasteiger partial charge < -0.3 is 24.6 Å². The van der Waals surface area contributed by atoms with E-state index in [1.807, 2.05) is 31.2 Å². The Hall–Kier alpha value is -3.03. The molecule has 150 valence electrons. The van der Waals surface area contributed by atoms with Crippen molar-refractivity contribution in [2.75, 3.05) is 57.2 Å². The maximum atomic E-state index is 10.9. The van der Waals surface area contributed by atoms with Crippen molar-refractivity contribution < 1.29 is 14.3 Å². The molecule has 1 aliphatic rings. The molecule has 1 saturated heterocycles. The Balaban J connectivity index is 1.60. The fourth-order valence-corrected chi connectivity index (χ4v) is 3.20. The van der Waals surface area contributed by atoms with E-state index in [9.17, 15) is 4.79 Å². The number of methoxy groups -OCH3 is 2. The predicted molar refractivity (Wildman–Crippen MR) is 108 cm³/mol. The van der Waals surface area contributed by atoms with Gasteiger partial charge >= 0.3 is 0 Å². The molecule has 0 aliphatic carbocycles. The molecule has 0 atom stereocenters. The maximum Gasteiger partial charge on any atom is 0.224 e. The molecule has 28 heavy (non-hydrogen) atoms. The van der Waals surface area contributed by atoms with Gasteiger partial charge in [-0.3, -0.25) is 4.79 Å². The average molecular weight is 385 g/mol. The molecule has 1 N–H and O–H groups in total. The molecule has 0 radical (unpaired) electrons. The van der Waals surface area contributed by atoms with E-state index >= 15 is 0 Å². The van der Waals surface area contributed by atoms with Crippen LogP contribution in [-0.2, 0) is 11.2 Å². The Kier molecular flexibility index (Phi) is 6.52. The van der Waals surface area contributed by atoms with Gasteiger partial charge in [-0.2, -0.15) is 4.98 Å². The number of amides is 1. The Labute approximate surface area is 165 Å². The highest BCUT2D eigenvalue weighted by Gasteiger charge is 2.17. The van der Waals surface area contributed by atoms with Gasteiger partial charge in [-0.1, -0.05) is 6.07 Å². The van der Waals surface area contributed by atoms with Crippen molar-refractivity contribution in [2.24, 2.45) is 0 Å². The molecular weight excluding hydrogens is 358 g/mol. The summed E-state index contributed by atoms with van der Waals surface area (Å²) in [6.45, 7) is 5.66.